The third-order valence-corrected chi connectivity index (χ3v) is 6.70. The molecule has 3 heterocycles. The highest BCUT2D eigenvalue weighted by atomic mass is 16.7. The average molecular weight is 493 g/mol. The van der Waals surface area contributed by atoms with E-state index in [1.807, 2.05) is 20.8 Å². The Hall–Kier alpha value is -0.890. The molecule has 3 aliphatic rings. The minimum absolute atomic E-state index is 0.314. The summed E-state index contributed by atoms with van der Waals surface area (Å²) in [5, 5.41) is 9.86. The van der Waals surface area contributed by atoms with E-state index >= 15 is 0 Å². The van der Waals surface area contributed by atoms with Crippen LogP contribution in [0.5, 0.6) is 0 Å². The van der Waals surface area contributed by atoms with E-state index in [2.05, 4.69) is 0 Å². The number of rotatable bonds is 8. The molecule has 34 heavy (non-hydrogen) atoms. The molecular weight excluding hydrogens is 452 g/mol. The minimum Gasteiger partial charge on any atom is -0.457 e. The summed E-state index contributed by atoms with van der Waals surface area (Å²) in [5.41, 5.74) is 0. The zero-order valence-electron chi connectivity index (χ0n) is 21.1. The molecule has 0 saturated carbocycles. The average Bonchev–Trinajstić information content (AvgIpc) is 2.78. The lowest BCUT2D eigenvalue weighted by molar-refractivity contribution is -0.334. The molecule has 3 saturated heterocycles. The normalized spacial score (nSPS) is 45.6. The fourth-order valence-electron chi connectivity index (χ4n) is 4.99. The quantitative estimate of drug-likeness (QED) is 0.491. The Labute approximate surface area is 201 Å². The topological polar surface area (TPSA) is 120 Å². The number of esters is 1. The molecule has 0 amide bonds. The predicted molar refractivity (Wildman–Crippen MR) is 117 cm³/mol. The standard InChI is InChI=1S/C23H40O11/c1-11-22(15(26-5)8-18(25)29-11)33-20-10-17(28-7)23(13(3)31-20)34-19-9-16(27-6)21(12(2)30-19)32-14(4)24/h11-13,15-23,25H,8-10H2,1-7H3/t11-,12-,13-,15+,16+,17+,18+,19-,20-,21-,22-,23-/m0/s1. The maximum Gasteiger partial charge on any atom is 0.303 e. The van der Waals surface area contributed by atoms with Gasteiger partial charge in [-0.2, -0.15) is 0 Å². The second-order valence-electron chi connectivity index (χ2n) is 9.14. The number of carbonyl (C=O) groups is 1. The number of aliphatic hydroxyl groups excluding tert-OH is 1. The van der Waals surface area contributed by atoms with Crippen LogP contribution in [0.2, 0.25) is 0 Å². The summed E-state index contributed by atoms with van der Waals surface area (Å²) in [6.07, 6.45) is -4.32. The number of hydrogen-bond acceptors (Lipinski definition) is 11. The van der Waals surface area contributed by atoms with E-state index in [0.29, 0.717) is 19.3 Å². The van der Waals surface area contributed by atoms with Crippen molar-refractivity contribution in [1.29, 1.82) is 0 Å². The van der Waals surface area contributed by atoms with E-state index in [9.17, 15) is 9.90 Å². The van der Waals surface area contributed by atoms with Crippen LogP contribution in [0.3, 0.4) is 0 Å². The van der Waals surface area contributed by atoms with E-state index in [0.717, 1.165) is 0 Å². The van der Waals surface area contributed by atoms with Crippen molar-refractivity contribution in [3.63, 3.8) is 0 Å². The molecule has 0 unspecified atom stereocenters. The molecule has 0 radical (unpaired) electrons. The van der Waals surface area contributed by atoms with E-state index in [-0.39, 0.29) is 36.5 Å². The number of methoxy groups -OCH3 is 3. The Morgan fingerprint density at radius 1 is 0.706 bits per heavy atom. The van der Waals surface area contributed by atoms with Gasteiger partial charge in [0.15, 0.2) is 25.0 Å². The highest BCUT2D eigenvalue weighted by Crippen LogP contribution is 2.33. The van der Waals surface area contributed by atoms with Gasteiger partial charge in [0, 0.05) is 47.5 Å². The molecule has 12 atom stereocenters. The Balaban J connectivity index is 1.61. The molecule has 3 rings (SSSR count). The molecule has 0 aromatic heterocycles. The summed E-state index contributed by atoms with van der Waals surface area (Å²) in [6.45, 7) is 6.92. The maximum atomic E-state index is 11.5. The van der Waals surface area contributed by atoms with Gasteiger partial charge in [-0.15, -0.1) is 0 Å². The van der Waals surface area contributed by atoms with Crippen LogP contribution < -0.4 is 0 Å². The maximum absolute atomic E-state index is 11.5. The molecule has 3 aliphatic heterocycles. The summed E-state index contributed by atoms with van der Waals surface area (Å²) in [6, 6.07) is 0. The van der Waals surface area contributed by atoms with Gasteiger partial charge in [-0.1, -0.05) is 0 Å². The third kappa shape index (κ3) is 6.65. The molecule has 0 aromatic carbocycles. The van der Waals surface area contributed by atoms with Gasteiger partial charge >= 0.3 is 5.97 Å². The van der Waals surface area contributed by atoms with Crippen LogP contribution in [0.15, 0.2) is 0 Å². The van der Waals surface area contributed by atoms with Gasteiger partial charge in [0.05, 0.1) is 30.5 Å². The number of aliphatic hydroxyl groups is 1. The van der Waals surface area contributed by atoms with Gasteiger partial charge in [-0.05, 0) is 20.8 Å². The molecule has 3 fully saturated rings. The minimum atomic E-state index is -0.884. The smallest absolute Gasteiger partial charge is 0.303 e. The van der Waals surface area contributed by atoms with E-state index in [1.54, 1.807) is 21.3 Å². The van der Waals surface area contributed by atoms with Crippen molar-refractivity contribution in [3.8, 4) is 0 Å². The molecular formula is C23H40O11. The highest BCUT2D eigenvalue weighted by molar-refractivity contribution is 5.66. The largest absolute Gasteiger partial charge is 0.457 e. The Morgan fingerprint density at radius 3 is 1.59 bits per heavy atom. The van der Waals surface area contributed by atoms with Crippen molar-refractivity contribution < 1.29 is 52.5 Å². The van der Waals surface area contributed by atoms with Gasteiger partial charge in [-0.25, -0.2) is 0 Å². The zero-order valence-corrected chi connectivity index (χ0v) is 21.1. The van der Waals surface area contributed by atoms with Crippen molar-refractivity contribution in [2.75, 3.05) is 21.3 Å². The predicted octanol–water partition coefficient (Wildman–Crippen LogP) is 1.13. The van der Waals surface area contributed by atoms with Crippen LogP contribution in [0.1, 0.15) is 47.0 Å². The first-order chi connectivity index (χ1) is 16.2. The molecule has 0 aliphatic carbocycles. The van der Waals surface area contributed by atoms with Gasteiger partial charge < -0.3 is 47.7 Å². The van der Waals surface area contributed by atoms with E-state index < -0.39 is 43.3 Å². The van der Waals surface area contributed by atoms with E-state index in [4.69, 9.17) is 42.6 Å². The lowest BCUT2D eigenvalue weighted by atomic mass is 9.99. The molecule has 1 N–H and O–H groups in total. The van der Waals surface area contributed by atoms with Crippen LogP contribution in [0, 0.1) is 0 Å². The second-order valence-corrected chi connectivity index (χ2v) is 9.14. The summed E-state index contributed by atoms with van der Waals surface area (Å²) in [5.74, 6) is -0.385. The molecule has 198 valence electrons. The van der Waals surface area contributed by atoms with Crippen LogP contribution >= 0.6 is 0 Å². The monoisotopic (exact) mass is 492 g/mol. The van der Waals surface area contributed by atoms with Crippen LogP contribution in [0.25, 0.3) is 0 Å². The van der Waals surface area contributed by atoms with E-state index in [1.165, 1.54) is 6.92 Å². The first kappa shape index (κ1) is 27.7. The third-order valence-electron chi connectivity index (χ3n) is 6.70. The van der Waals surface area contributed by atoms with Gasteiger partial charge in [0.2, 0.25) is 0 Å². The van der Waals surface area contributed by atoms with Crippen LogP contribution in [-0.4, -0.2) is 106 Å². The van der Waals surface area contributed by atoms with Gasteiger partial charge in [0.1, 0.15) is 18.3 Å². The number of hydrogen-bond donors (Lipinski definition) is 1. The summed E-state index contributed by atoms with van der Waals surface area (Å²) in [7, 11) is 4.78. The van der Waals surface area contributed by atoms with Crippen LogP contribution in [-0.2, 0) is 47.4 Å². The summed E-state index contributed by atoms with van der Waals surface area (Å²) in [4.78, 5) is 11.5. The van der Waals surface area contributed by atoms with Crippen LogP contribution in [0.4, 0.5) is 0 Å². The molecule has 11 nitrogen and oxygen atoms in total. The number of ether oxygens (including phenoxy) is 9. The summed E-state index contributed by atoms with van der Waals surface area (Å²) >= 11 is 0. The van der Waals surface area contributed by atoms with Crippen molar-refractivity contribution >= 4 is 5.97 Å². The summed E-state index contributed by atoms with van der Waals surface area (Å²) < 4.78 is 52.4. The molecule has 0 aromatic rings. The molecule has 0 bridgehead atoms. The van der Waals surface area contributed by atoms with Crippen molar-refractivity contribution in [1.82, 2.24) is 0 Å². The first-order valence-corrected chi connectivity index (χ1v) is 11.9. The fourth-order valence-corrected chi connectivity index (χ4v) is 4.99. The first-order valence-electron chi connectivity index (χ1n) is 11.9. The second kappa shape index (κ2) is 12.4. The fraction of sp³-hybridized carbons (Fsp3) is 0.957. The molecule has 11 heteroatoms. The SMILES string of the molecule is CO[C@@H]1C[C@H](O[C@H]2[C@H](C)O[C@@H](O[C@H]3[C@H](C)O[C@@H](O)C[C@H]3OC)C[C@H]2OC)O[C@@H](C)[C@@H]1OC(C)=O. The number of carbonyl (C=O) groups excluding carboxylic acids is 1. The lowest BCUT2D eigenvalue weighted by Gasteiger charge is -2.45. The lowest BCUT2D eigenvalue weighted by Crippen LogP contribution is -2.57. The van der Waals surface area contributed by atoms with Gasteiger partial charge in [0.25, 0.3) is 0 Å². The Bertz CT molecular complexity index is 648. The highest BCUT2D eigenvalue weighted by Gasteiger charge is 2.46. The Kier molecular flexibility index (Phi) is 10.1. The van der Waals surface area contributed by atoms with Crippen molar-refractivity contribution in [2.45, 2.75) is 121 Å². The van der Waals surface area contributed by atoms with Crippen molar-refractivity contribution in [2.24, 2.45) is 0 Å². The van der Waals surface area contributed by atoms with Gasteiger partial charge in [-0.3, -0.25) is 4.79 Å². The molecule has 0 spiro atoms. The van der Waals surface area contributed by atoms with Crippen molar-refractivity contribution in [3.05, 3.63) is 0 Å². The zero-order chi connectivity index (χ0) is 25.0. The Morgan fingerprint density at radius 2 is 1.12 bits per heavy atom.